The van der Waals surface area contributed by atoms with Crippen molar-refractivity contribution in [3.63, 3.8) is 0 Å². The van der Waals surface area contributed by atoms with Gasteiger partial charge in [-0.3, -0.25) is 0 Å². The van der Waals surface area contributed by atoms with Gasteiger partial charge in [-0.1, -0.05) is 32.9 Å². The van der Waals surface area contributed by atoms with Gasteiger partial charge in [-0.05, 0) is 43.2 Å². The monoisotopic (exact) mass is 193 g/mol. The van der Waals surface area contributed by atoms with Crippen molar-refractivity contribution in [1.82, 2.24) is 4.90 Å². The van der Waals surface area contributed by atoms with Crippen molar-refractivity contribution in [2.75, 3.05) is 19.6 Å². The lowest BCUT2D eigenvalue weighted by molar-refractivity contribution is 0.200. The standard InChI is InChI=1S/C13H23N/c1-4-14(5-2)9-13-10(3)11-6-7-12(13)8-11/h6-7,10-13H,4-5,8-9H2,1-3H3. The van der Waals surface area contributed by atoms with E-state index in [1.165, 1.54) is 26.1 Å². The van der Waals surface area contributed by atoms with Crippen LogP contribution in [0, 0.1) is 23.7 Å². The molecule has 2 bridgehead atoms. The average Bonchev–Trinajstić information content (AvgIpc) is 2.77. The van der Waals surface area contributed by atoms with Gasteiger partial charge < -0.3 is 4.90 Å². The predicted molar refractivity (Wildman–Crippen MR) is 61.2 cm³/mol. The van der Waals surface area contributed by atoms with Crippen molar-refractivity contribution in [3.8, 4) is 0 Å². The van der Waals surface area contributed by atoms with E-state index in [4.69, 9.17) is 0 Å². The molecule has 0 aliphatic heterocycles. The van der Waals surface area contributed by atoms with Crippen LogP contribution in [-0.4, -0.2) is 24.5 Å². The predicted octanol–water partition coefficient (Wildman–Crippen LogP) is 2.79. The van der Waals surface area contributed by atoms with Gasteiger partial charge in [0.2, 0.25) is 0 Å². The molecule has 80 valence electrons. The van der Waals surface area contributed by atoms with Crippen LogP contribution in [0.3, 0.4) is 0 Å². The topological polar surface area (TPSA) is 3.24 Å². The normalized spacial score (nSPS) is 40.0. The molecular weight excluding hydrogens is 170 g/mol. The molecule has 1 heteroatoms. The minimum Gasteiger partial charge on any atom is -0.304 e. The fraction of sp³-hybridized carbons (Fsp3) is 0.846. The molecule has 0 spiro atoms. The Kier molecular flexibility index (Phi) is 2.96. The second-order valence-electron chi connectivity index (χ2n) is 4.96. The molecule has 2 aliphatic rings. The summed E-state index contributed by atoms with van der Waals surface area (Å²) in [6.07, 6.45) is 6.36. The van der Waals surface area contributed by atoms with E-state index in [0.717, 1.165) is 23.7 Å². The molecule has 1 nitrogen and oxygen atoms in total. The van der Waals surface area contributed by atoms with Crippen molar-refractivity contribution in [3.05, 3.63) is 12.2 Å². The minimum atomic E-state index is 0.899. The Labute approximate surface area is 88.2 Å². The summed E-state index contributed by atoms with van der Waals surface area (Å²) in [4.78, 5) is 2.58. The van der Waals surface area contributed by atoms with Crippen LogP contribution in [-0.2, 0) is 0 Å². The van der Waals surface area contributed by atoms with Gasteiger partial charge in [0.15, 0.2) is 0 Å². The third-order valence-electron chi connectivity index (χ3n) is 4.41. The van der Waals surface area contributed by atoms with Crippen LogP contribution in [0.5, 0.6) is 0 Å². The molecule has 1 fully saturated rings. The van der Waals surface area contributed by atoms with Gasteiger partial charge in [0.05, 0.1) is 0 Å². The summed E-state index contributed by atoms with van der Waals surface area (Å²) < 4.78 is 0. The van der Waals surface area contributed by atoms with E-state index >= 15 is 0 Å². The average molecular weight is 193 g/mol. The highest BCUT2D eigenvalue weighted by Gasteiger charge is 2.41. The zero-order valence-electron chi connectivity index (χ0n) is 9.74. The summed E-state index contributed by atoms with van der Waals surface area (Å²) in [5.41, 5.74) is 0. The molecule has 0 heterocycles. The summed E-state index contributed by atoms with van der Waals surface area (Å²) in [5.74, 6) is 3.66. The van der Waals surface area contributed by atoms with Gasteiger partial charge >= 0.3 is 0 Å². The first-order chi connectivity index (χ1) is 6.76. The maximum atomic E-state index is 2.58. The van der Waals surface area contributed by atoms with Gasteiger partial charge in [-0.2, -0.15) is 0 Å². The van der Waals surface area contributed by atoms with Gasteiger partial charge in [-0.15, -0.1) is 0 Å². The Bertz CT molecular complexity index is 217. The summed E-state index contributed by atoms with van der Waals surface area (Å²) >= 11 is 0. The molecule has 0 saturated heterocycles. The molecular formula is C13H23N. The first-order valence-electron chi connectivity index (χ1n) is 6.16. The lowest BCUT2D eigenvalue weighted by Gasteiger charge is -2.30. The van der Waals surface area contributed by atoms with Crippen LogP contribution >= 0.6 is 0 Å². The summed E-state index contributed by atoms with van der Waals surface area (Å²) in [6.45, 7) is 10.7. The van der Waals surface area contributed by atoms with Crippen molar-refractivity contribution >= 4 is 0 Å². The van der Waals surface area contributed by atoms with Crippen LogP contribution in [0.25, 0.3) is 0 Å². The lowest BCUT2D eigenvalue weighted by atomic mass is 9.84. The van der Waals surface area contributed by atoms with Crippen molar-refractivity contribution in [1.29, 1.82) is 0 Å². The van der Waals surface area contributed by atoms with Crippen molar-refractivity contribution in [2.24, 2.45) is 23.7 Å². The van der Waals surface area contributed by atoms with Crippen LogP contribution in [0.2, 0.25) is 0 Å². The zero-order valence-corrected chi connectivity index (χ0v) is 9.74. The SMILES string of the molecule is CCN(CC)CC1C2C=CC(C2)C1C. The Morgan fingerprint density at radius 2 is 1.79 bits per heavy atom. The molecule has 2 aliphatic carbocycles. The molecule has 1 saturated carbocycles. The van der Waals surface area contributed by atoms with E-state index in [0.29, 0.717) is 0 Å². The maximum absolute atomic E-state index is 2.58. The number of hydrogen-bond donors (Lipinski definition) is 0. The van der Waals surface area contributed by atoms with E-state index < -0.39 is 0 Å². The second kappa shape index (κ2) is 4.06. The van der Waals surface area contributed by atoms with Gasteiger partial charge in [-0.25, -0.2) is 0 Å². The smallest absolute Gasteiger partial charge is 0.00178 e. The Balaban J connectivity index is 1.95. The molecule has 4 atom stereocenters. The molecule has 2 rings (SSSR count). The molecule has 0 amide bonds. The molecule has 0 N–H and O–H groups in total. The van der Waals surface area contributed by atoms with E-state index in [2.05, 4.69) is 37.8 Å². The largest absolute Gasteiger partial charge is 0.304 e. The van der Waals surface area contributed by atoms with E-state index in [1.807, 2.05) is 0 Å². The first-order valence-corrected chi connectivity index (χ1v) is 6.16. The molecule has 0 aromatic rings. The highest BCUT2D eigenvalue weighted by molar-refractivity contribution is 5.13. The quantitative estimate of drug-likeness (QED) is 0.621. The number of rotatable bonds is 4. The van der Waals surface area contributed by atoms with E-state index in [1.54, 1.807) is 0 Å². The van der Waals surface area contributed by atoms with Crippen LogP contribution in [0.4, 0.5) is 0 Å². The molecule has 0 aromatic carbocycles. The summed E-state index contributed by atoms with van der Waals surface area (Å²) in [6, 6.07) is 0. The van der Waals surface area contributed by atoms with Crippen molar-refractivity contribution in [2.45, 2.75) is 27.2 Å². The summed E-state index contributed by atoms with van der Waals surface area (Å²) in [5, 5.41) is 0. The fourth-order valence-corrected chi connectivity index (χ4v) is 3.25. The molecule has 0 aromatic heterocycles. The lowest BCUT2D eigenvalue weighted by Crippen LogP contribution is -2.33. The highest BCUT2D eigenvalue weighted by atomic mass is 15.1. The molecule has 14 heavy (non-hydrogen) atoms. The molecule has 4 unspecified atom stereocenters. The van der Waals surface area contributed by atoms with Crippen LogP contribution in [0.1, 0.15) is 27.2 Å². The third-order valence-corrected chi connectivity index (χ3v) is 4.41. The minimum absolute atomic E-state index is 0.899. The number of fused-ring (bicyclic) bond motifs is 2. The van der Waals surface area contributed by atoms with E-state index in [-0.39, 0.29) is 0 Å². The number of nitrogens with zero attached hydrogens (tertiary/aromatic N) is 1. The second-order valence-corrected chi connectivity index (χ2v) is 4.96. The Morgan fingerprint density at radius 1 is 1.14 bits per heavy atom. The summed E-state index contributed by atoms with van der Waals surface area (Å²) in [7, 11) is 0. The molecule has 0 radical (unpaired) electrons. The Morgan fingerprint density at radius 3 is 2.29 bits per heavy atom. The Hall–Kier alpha value is -0.300. The highest BCUT2D eigenvalue weighted by Crippen LogP contribution is 2.47. The number of allylic oxidation sites excluding steroid dienone is 2. The van der Waals surface area contributed by atoms with Crippen molar-refractivity contribution < 1.29 is 0 Å². The van der Waals surface area contributed by atoms with Crippen LogP contribution < -0.4 is 0 Å². The van der Waals surface area contributed by atoms with Crippen LogP contribution in [0.15, 0.2) is 12.2 Å². The van der Waals surface area contributed by atoms with Gasteiger partial charge in [0, 0.05) is 6.54 Å². The van der Waals surface area contributed by atoms with E-state index in [9.17, 15) is 0 Å². The zero-order chi connectivity index (χ0) is 10.1. The number of hydrogen-bond acceptors (Lipinski definition) is 1. The fourth-order valence-electron chi connectivity index (χ4n) is 3.25. The third kappa shape index (κ3) is 1.63. The van der Waals surface area contributed by atoms with Gasteiger partial charge in [0.25, 0.3) is 0 Å². The van der Waals surface area contributed by atoms with Gasteiger partial charge in [0.1, 0.15) is 0 Å². The first kappa shape index (κ1) is 10.2. The maximum Gasteiger partial charge on any atom is 0.00178 e.